The molecule has 1 aromatic carbocycles. The molecule has 7 nitrogen and oxygen atoms in total. The molecule has 0 unspecified atom stereocenters. The number of aryl methyl sites for hydroxylation is 3. The fraction of sp³-hybridized carbons (Fsp3) is 0.391. The molecule has 0 N–H and O–H groups in total. The molecule has 1 fully saturated rings. The van der Waals surface area contributed by atoms with E-state index in [9.17, 15) is 9.59 Å². The SMILES string of the molecule is CC(=O)N1CCCC1.COc1cc(C)c(Cl)c(-c2cc3cnc(C)nc3n(C)c2=O)c1Cl. The van der Waals surface area contributed by atoms with Gasteiger partial charge in [0.05, 0.1) is 22.7 Å². The number of benzene rings is 1. The van der Waals surface area contributed by atoms with E-state index in [1.807, 2.05) is 11.8 Å². The summed E-state index contributed by atoms with van der Waals surface area (Å²) in [6.45, 7) is 7.20. The number of carbonyl (C=O) groups is 1. The van der Waals surface area contributed by atoms with Crippen molar-refractivity contribution in [1.82, 2.24) is 19.4 Å². The van der Waals surface area contributed by atoms with E-state index in [2.05, 4.69) is 9.97 Å². The smallest absolute Gasteiger partial charge is 0.259 e. The molecule has 0 radical (unpaired) electrons. The maximum atomic E-state index is 12.9. The Hall–Kier alpha value is -2.64. The van der Waals surface area contributed by atoms with Crippen LogP contribution in [-0.4, -0.2) is 45.5 Å². The topological polar surface area (TPSA) is 77.3 Å². The number of methoxy groups -OCH3 is 1. The largest absolute Gasteiger partial charge is 0.495 e. The monoisotopic (exact) mass is 476 g/mol. The van der Waals surface area contributed by atoms with Gasteiger partial charge in [0.2, 0.25) is 5.91 Å². The van der Waals surface area contributed by atoms with Gasteiger partial charge in [0.15, 0.2) is 0 Å². The normalized spacial score (nSPS) is 13.2. The summed E-state index contributed by atoms with van der Waals surface area (Å²) in [7, 11) is 3.18. The van der Waals surface area contributed by atoms with Gasteiger partial charge in [-0.3, -0.25) is 14.2 Å². The van der Waals surface area contributed by atoms with E-state index in [4.69, 9.17) is 27.9 Å². The number of ether oxygens (including phenoxy) is 1. The number of hydrogen-bond acceptors (Lipinski definition) is 5. The fourth-order valence-corrected chi connectivity index (χ4v) is 4.30. The number of nitrogens with zero attached hydrogens (tertiary/aromatic N) is 4. The Bertz CT molecular complexity index is 1230. The molecule has 1 aliphatic rings. The Balaban J connectivity index is 0.000000305. The zero-order valence-electron chi connectivity index (χ0n) is 18.8. The van der Waals surface area contributed by atoms with Crippen molar-refractivity contribution in [3.63, 3.8) is 0 Å². The lowest BCUT2D eigenvalue weighted by atomic mass is 10.0. The van der Waals surface area contributed by atoms with Crippen LogP contribution in [0.25, 0.3) is 22.2 Å². The molecule has 4 rings (SSSR count). The lowest BCUT2D eigenvalue weighted by Gasteiger charge is -2.15. The molecule has 0 aliphatic carbocycles. The highest BCUT2D eigenvalue weighted by molar-refractivity contribution is 6.40. The third-order valence-electron chi connectivity index (χ3n) is 5.46. The molecule has 1 aliphatic heterocycles. The second kappa shape index (κ2) is 9.88. The maximum absolute atomic E-state index is 12.9. The summed E-state index contributed by atoms with van der Waals surface area (Å²) < 4.78 is 6.77. The van der Waals surface area contributed by atoms with Gasteiger partial charge in [-0.15, -0.1) is 0 Å². The van der Waals surface area contributed by atoms with Crippen molar-refractivity contribution in [2.75, 3.05) is 20.2 Å². The number of likely N-dealkylation sites (tertiary alicyclic amines) is 1. The van der Waals surface area contributed by atoms with Crippen molar-refractivity contribution in [3.05, 3.63) is 50.1 Å². The van der Waals surface area contributed by atoms with E-state index in [1.165, 1.54) is 24.5 Å². The highest BCUT2D eigenvalue weighted by Crippen LogP contribution is 2.41. The van der Waals surface area contributed by atoms with Gasteiger partial charge in [0.25, 0.3) is 5.56 Å². The average Bonchev–Trinajstić information content (AvgIpc) is 3.30. The molecule has 0 atom stereocenters. The minimum Gasteiger partial charge on any atom is -0.495 e. The third-order valence-corrected chi connectivity index (χ3v) is 6.32. The molecule has 2 aromatic heterocycles. The van der Waals surface area contributed by atoms with Crippen molar-refractivity contribution in [2.24, 2.45) is 7.05 Å². The molecule has 3 heterocycles. The van der Waals surface area contributed by atoms with Gasteiger partial charge >= 0.3 is 0 Å². The van der Waals surface area contributed by atoms with Gasteiger partial charge in [0, 0.05) is 44.2 Å². The van der Waals surface area contributed by atoms with Gasteiger partial charge in [0.1, 0.15) is 17.2 Å². The van der Waals surface area contributed by atoms with E-state index in [0.717, 1.165) is 24.0 Å². The zero-order valence-corrected chi connectivity index (χ0v) is 20.3. The third kappa shape index (κ3) is 4.74. The highest BCUT2D eigenvalue weighted by Gasteiger charge is 2.20. The Labute approximate surface area is 196 Å². The first-order chi connectivity index (χ1) is 15.1. The number of pyridine rings is 1. The van der Waals surface area contributed by atoms with Crippen molar-refractivity contribution in [1.29, 1.82) is 0 Å². The second-order valence-electron chi connectivity index (χ2n) is 7.73. The molecule has 0 spiro atoms. The predicted octanol–water partition coefficient (Wildman–Crippen LogP) is 4.56. The first-order valence-corrected chi connectivity index (χ1v) is 11.0. The van der Waals surface area contributed by atoms with Crippen LogP contribution in [-0.2, 0) is 11.8 Å². The fourth-order valence-electron chi connectivity index (χ4n) is 3.67. The number of carbonyl (C=O) groups excluding carboxylic acids is 1. The summed E-state index contributed by atoms with van der Waals surface area (Å²) in [5.74, 6) is 1.29. The van der Waals surface area contributed by atoms with E-state index in [0.29, 0.717) is 38.4 Å². The van der Waals surface area contributed by atoms with Crippen LogP contribution in [0.15, 0.2) is 23.1 Å². The number of aromatic nitrogens is 3. The number of amides is 1. The molecule has 3 aromatic rings. The maximum Gasteiger partial charge on any atom is 0.259 e. The van der Waals surface area contributed by atoms with Crippen molar-refractivity contribution < 1.29 is 9.53 Å². The number of rotatable bonds is 2. The molecular weight excluding hydrogens is 451 g/mol. The summed E-state index contributed by atoms with van der Waals surface area (Å²) in [4.78, 5) is 33.8. The van der Waals surface area contributed by atoms with E-state index in [-0.39, 0.29) is 11.5 Å². The van der Waals surface area contributed by atoms with Gasteiger partial charge in [-0.05, 0) is 44.4 Å². The number of hydrogen-bond donors (Lipinski definition) is 0. The predicted molar refractivity (Wildman–Crippen MR) is 128 cm³/mol. The van der Waals surface area contributed by atoms with Gasteiger partial charge < -0.3 is 9.64 Å². The Morgan fingerprint density at radius 1 is 1.12 bits per heavy atom. The highest BCUT2D eigenvalue weighted by atomic mass is 35.5. The lowest BCUT2D eigenvalue weighted by molar-refractivity contribution is -0.127. The molecule has 0 saturated carbocycles. The van der Waals surface area contributed by atoms with Crippen LogP contribution in [0.3, 0.4) is 0 Å². The molecule has 32 heavy (non-hydrogen) atoms. The Kier molecular flexibility index (Phi) is 7.41. The molecular formula is C23H26Cl2N4O3. The van der Waals surface area contributed by atoms with E-state index < -0.39 is 0 Å². The molecule has 9 heteroatoms. The molecule has 0 bridgehead atoms. The minimum atomic E-state index is -0.239. The summed E-state index contributed by atoms with van der Waals surface area (Å²) in [5.41, 5.74) is 1.93. The Morgan fingerprint density at radius 2 is 1.78 bits per heavy atom. The van der Waals surface area contributed by atoms with Crippen molar-refractivity contribution in [2.45, 2.75) is 33.6 Å². The van der Waals surface area contributed by atoms with Crippen LogP contribution in [0, 0.1) is 13.8 Å². The quantitative estimate of drug-likeness (QED) is 0.541. The summed E-state index contributed by atoms with van der Waals surface area (Å²) in [6, 6.07) is 3.45. The first kappa shape index (κ1) is 24.0. The molecule has 170 valence electrons. The van der Waals surface area contributed by atoms with Gasteiger partial charge in [-0.25, -0.2) is 9.97 Å². The number of fused-ring (bicyclic) bond motifs is 1. The van der Waals surface area contributed by atoms with Gasteiger partial charge in [-0.1, -0.05) is 23.2 Å². The lowest BCUT2D eigenvalue weighted by Crippen LogP contribution is -2.24. The molecule has 1 amide bonds. The van der Waals surface area contributed by atoms with Crippen LogP contribution in [0.5, 0.6) is 5.75 Å². The van der Waals surface area contributed by atoms with E-state index in [1.54, 1.807) is 39.2 Å². The molecule has 1 saturated heterocycles. The summed E-state index contributed by atoms with van der Waals surface area (Å²) >= 11 is 12.9. The average molecular weight is 477 g/mol. The minimum absolute atomic E-state index is 0.225. The van der Waals surface area contributed by atoms with Crippen molar-refractivity contribution >= 4 is 40.1 Å². The first-order valence-electron chi connectivity index (χ1n) is 10.3. The van der Waals surface area contributed by atoms with Crippen LogP contribution in [0.4, 0.5) is 0 Å². The van der Waals surface area contributed by atoms with Crippen LogP contribution < -0.4 is 10.3 Å². The van der Waals surface area contributed by atoms with Crippen LogP contribution in [0.2, 0.25) is 10.0 Å². The van der Waals surface area contributed by atoms with Gasteiger partial charge in [-0.2, -0.15) is 0 Å². The van der Waals surface area contributed by atoms with Crippen molar-refractivity contribution in [3.8, 4) is 16.9 Å². The summed E-state index contributed by atoms with van der Waals surface area (Å²) in [5, 5.41) is 1.45. The summed E-state index contributed by atoms with van der Waals surface area (Å²) in [6.07, 6.45) is 4.06. The zero-order chi connectivity index (χ0) is 23.6. The van der Waals surface area contributed by atoms with Crippen LogP contribution in [0.1, 0.15) is 31.2 Å². The van der Waals surface area contributed by atoms with Crippen LogP contribution >= 0.6 is 23.2 Å². The second-order valence-corrected chi connectivity index (χ2v) is 8.49. The van der Waals surface area contributed by atoms with E-state index >= 15 is 0 Å². The number of halogens is 2. The standard InChI is InChI=1S/C17H15Cl2N3O2.C6H11NO/c1-8-5-12(24-4)15(19)13(14(8)18)11-6-10-7-20-9(2)21-16(10)22(3)17(11)23;1-6(8)7-4-2-3-5-7/h5-7H,1-4H3;2-5H2,1H3. The Morgan fingerprint density at radius 3 is 2.34 bits per heavy atom.